The fourth-order valence-electron chi connectivity index (χ4n) is 2.95. The highest BCUT2D eigenvalue weighted by Crippen LogP contribution is 2.29. The molecule has 0 aliphatic carbocycles. The number of para-hydroxylation sites is 1. The Morgan fingerprint density at radius 1 is 0.952 bits per heavy atom. The van der Waals surface area contributed by atoms with Crippen LogP contribution in [-0.2, 0) is 0 Å². The van der Waals surface area contributed by atoms with Gasteiger partial charge in [0.15, 0.2) is 0 Å². The Morgan fingerprint density at radius 2 is 1.90 bits per heavy atom. The normalized spacial score (nSPS) is 11.8. The smallest absolute Gasteiger partial charge is 0.147 e. The molecule has 21 heavy (non-hydrogen) atoms. The van der Waals surface area contributed by atoms with Gasteiger partial charge in [0.25, 0.3) is 0 Å². The number of hydrogen-bond donors (Lipinski definition) is 0. The highest BCUT2D eigenvalue weighted by Gasteiger charge is 2.11. The number of imidazole rings is 1. The second kappa shape index (κ2) is 3.76. The van der Waals surface area contributed by atoms with Gasteiger partial charge >= 0.3 is 0 Å². The van der Waals surface area contributed by atoms with Crippen molar-refractivity contribution >= 4 is 38.4 Å². The van der Waals surface area contributed by atoms with Crippen molar-refractivity contribution in [2.45, 2.75) is 0 Å². The molecule has 0 aliphatic rings. The number of aromatic nitrogens is 4. The van der Waals surface area contributed by atoms with E-state index in [0.717, 1.165) is 38.4 Å². The van der Waals surface area contributed by atoms with E-state index in [2.05, 4.69) is 28.2 Å². The molecular formula is C17H10N4. The molecule has 0 unspecified atom stereocenters. The number of hydrogen-bond acceptors (Lipinski definition) is 3. The second-order valence-corrected chi connectivity index (χ2v) is 5.10. The summed E-state index contributed by atoms with van der Waals surface area (Å²) >= 11 is 0. The molecule has 4 nitrogen and oxygen atoms in total. The van der Waals surface area contributed by atoms with Crippen LogP contribution < -0.4 is 0 Å². The van der Waals surface area contributed by atoms with Gasteiger partial charge in [-0.15, -0.1) is 0 Å². The van der Waals surface area contributed by atoms with E-state index in [1.807, 2.05) is 41.1 Å². The monoisotopic (exact) mass is 270 g/mol. The molecule has 0 fully saturated rings. The molecule has 0 spiro atoms. The van der Waals surface area contributed by atoms with Crippen molar-refractivity contribution in [3.05, 3.63) is 61.2 Å². The summed E-state index contributed by atoms with van der Waals surface area (Å²) in [6.07, 6.45) is 5.45. The minimum atomic E-state index is 0.918. The predicted molar refractivity (Wildman–Crippen MR) is 83.3 cm³/mol. The highest BCUT2D eigenvalue weighted by molar-refractivity contribution is 6.12. The lowest BCUT2D eigenvalue weighted by atomic mass is 10.1. The fourth-order valence-corrected chi connectivity index (χ4v) is 2.95. The Labute approximate surface area is 119 Å². The van der Waals surface area contributed by atoms with Gasteiger partial charge in [-0.3, -0.25) is 9.38 Å². The van der Waals surface area contributed by atoms with Crippen LogP contribution in [0.15, 0.2) is 61.2 Å². The Bertz CT molecular complexity index is 1140. The average Bonchev–Trinajstić information content (AvgIpc) is 3.03. The van der Waals surface area contributed by atoms with Crippen LogP contribution >= 0.6 is 0 Å². The largest absolute Gasteiger partial charge is 0.281 e. The molecule has 0 atom stereocenters. The molecule has 4 heterocycles. The highest BCUT2D eigenvalue weighted by atomic mass is 15.0. The van der Waals surface area contributed by atoms with Gasteiger partial charge in [-0.2, -0.15) is 0 Å². The van der Waals surface area contributed by atoms with Gasteiger partial charge in [0.2, 0.25) is 0 Å². The SMILES string of the molecule is c1ccc2nc3c(cc2c1)c1cccnc1c1cncn13. The van der Waals surface area contributed by atoms with Gasteiger partial charge in [-0.25, -0.2) is 9.97 Å². The van der Waals surface area contributed by atoms with E-state index in [1.165, 1.54) is 0 Å². The molecule has 0 bridgehead atoms. The van der Waals surface area contributed by atoms with E-state index in [1.54, 1.807) is 6.33 Å². The summed E-state index contributed by atoms with van der Waals surface area (Å²) in [6, 6.07) is 14.4. The van der Waals surface area contributed by atoms with Gasteiger partial charge in [-0.05, 0) is 18.2 Å². The maximum atomic E-state index is 4.82. The first-order chi connectivity index (χ1) is 10.4. The van der Waals surface area contributed by atoms with Crippen molar-refractivity contribution in [1.29, 1.82) is 0 Å². The van der Waals surface area contributed by atoms with Crippen molar-refractivity contribution in [1.82, 2.24) is 19.4 Å². The van der Waals surface area contributed by atoms with Gasteiger partial charge in [0, 0.05) is 22.4 Å². The minimum Gasteiger partial charge on any atom is -0.281 e. The number of rotatable bonds is 0. The van der Waals surface area contributed by atoms with E-state index in [9.17, 15) is 0 Å². The molecule has 0 aliphatic heterocycles. The third kappa shape index (κ3) is 1.36. The summed E-state index contributed by atoms with van der Waals surface area (Å²) in [7, 11) is 0. The molecule has 5 rings (SSSR count). The Balaban J connectivity index is 2.18. The second-order valence-electron chi connectivity index (χ2n) is 5.10. The zero-order valence-electron chi connectivity index (χ0n) is 11.1. The molecule has 0 radical (unpaired) electrons. The van der Waals surface area contributed by atoms with Crippen molar-refractivity contribution in [2.24, 2.45) is 0 Å². The molecule has 1 aromatic carbocycles. The molecule has 5 aromatic rings. The van der Waals surface area contributed by atoms with E-state index < -0.39 is 0 Å². The first-order valence-corrected chi connectivity index (χ1v) is 6.80. The van der Waals surface area contributed by atoms with E-state index in [-0.39, 0.29) is 0 Å². The summed E-state index contributed by atoms with van der Waals surface area (Å²) in [5.41, 5.74) is 3.85. The lowest BCUT2D eigenvalue weighted by molar-refractivity contribution is 1.18. The molecule has 4 aromatic heterocycles. The van der Waals surface area contributed by atoms with Crippen molar-refractivity contribution in [3.63, 3.8) is 0 Å². The summed E-state index contributed by atoms with van der Waals surface area (Å²) in [5.74, 6) is 0. The molecule has 98 valence electrons. The van der Waals surface area contributed by atoms with Crippen LogP contribution in [0.1, 0.15) is 0 Å². The van der Waals surface area contributed by atoms with Gasteiger partial charge < -0.3 is 0 Å². The van der Waals surface area contributed by atoms with Gasteiger partial charge in [0.1, 0.15) is 12.0 Å². The van der Waals surface area contributed by atoms with Crippen molar-refractivity contribution in [2.75, 3.05) is 0 Å². The van der Waals surface area contributed by atoms with E-state index in [4.69, 9.17) is 4.98 Å². The standard InChI is InChI=1S/C17H10N4/c1-2-6-14-11(4-1)8-13-12-5-3-7-19-16(12)15-9-18-10-21(15)17(13)20-14/h1-10H. The summed E-state index contributed by atoms with van der Waals surface area (Å²) in [4.78, 5) is 13.6. The molecule has 0 saturated heterocycles. The zero-order valence-corrected chi connectivity index (χ0v) is 11.1. The molecular weight excluding hydrogens is 260 g/mol. The summed E-state index contributed by atoms with van der Waals surface area (Å²) < 4.78 is 2.01. The minimum absolute atomic E-state index is 0.918. The van der Waals surface area contributed by atoms with Crippen molar-refractivity contribution < 1.29 is 0 Å². The molecule has 0 amide bonds. The topological polar surface area (TPSA) is 43.1 Å². The van der Waals surface area contributed by atoms with Gasteiger partial charge in [0.05, 0.1) is 22.7 Å². The predicted octanol–water partition coefficient (Wildman–Crippen LogP) is 3.58. The van der Waals surface area contributed by atoms with Crippen LogP contribution in [0, 0.1) is 0 Å². The first-order valence-electron chi connectivity index (χ1n) is 6.80. The van der Waals surface area contributed by atoms with Crippen LogP contribution in [0.4, 0.5) is 0 Å². The maximum absolute atomic E-state index is 4.82. The lowest BCUT2D eigenvalue weighted by Gasteiger charge is -2.08. The molecule has 4 heteroatoms. The third-order valence-electron chi connectivity index (χ3n) is 3.91. The van der Waals surface area contributed by atoms with Crippen LogP contribution in [0.3, 0.4) is 0 Å². The van der Waals surface area contributed by atoms with Crippen LogP contribution in [0.25, 0.3) is 38.4 Å². The van der Waals surface area contributed by atoms with E-state index >= 15 is 0 Å². The zero-order chi connectivity index (χ0) is 13.8. The number of benzene rings is 1. The van der Waals surface area contributed by atoms with Gasteiger partial charge in [-0.1, -0.05) is 24.3 Å². The van der Waals surface area contributed by atoms with Crippen LogP contribution in [-0.4, -0.2) is 19.4 Å². The number of nitrogens with zero attached hydrogens (tertiary/aromatic N) is 4. The third-order valence-corrected chi connectivity index (χ3v) is 3.91. The fraction of sp³-hybridized carbons (Fsp3) is 0. The Kier molecular flexibility index (Phi) is 1.92. The Morgan fingerprint density at radius 3 is 2.90 bits per heavy atom. The average molecular weight is 270 g/mol. The quantitative estimate of drug-likeness (QED) is 0.319. The molecule has 0 saturated carbocycles. The Hall–Kier alpha value is -3.01. The number of pyridine rings is 3. The van der Waals surface area contributed by atoms with Crippen LogP contribution in [0.2, 0.25) is 0 Å². The summed E-state index contributed by atoms with van der Waals surface area (Å²) in [5, 5.41) is 3.34. The number of fused-ring (bicyclic) bond motifs is 7. The maximum Gasteiger partial charge on any atom is 0.147 e. The lowest BCUT2D eigenvalue weighted by Crippen LogP contribution is -1.94. The van der Waals surface area contributed by atoms with Crippen LogP contribution in [0.5, 0.6) is 0 Å². The van der Waals surface area contributed by atoms with E-state index in [0.29, 0.717) is 0 Å². The van der Waals surface area contributed by atoms with Crippen molar-refractivity contribution in [3.8, 4) is 0 Å². The first kappa shape index (κ1) is 10.7. The molecule has 0 N–H and O–H groups in total. The summed E-state index contributed by atoms with van der Waals surface area (Å²) in [6.45, 7) is 0.